The lowest BCUT2D eigenvalue weighted by atomic mass is 9.78. The van der Waals surface area contributed by atoms with E-state index >= 15 is 0 Å². The van der Waals surface area contributed by atoms with E-state index in [0.29, 0.717) is 0 Å². The molecule has 0 atom stereocenters. The Bertz CT molecular complexity index is 1620. The van der Waals surface area contributed by atoms with Gasteiger partial charge in [-0.15, -0.1) is 0 Å². The van der Waals surface area contributed by atoms with Crippen LogP contribution in [0.5, 0.6) is 0 Å². The zero-order valence-electron chi connectivity index (χ0n) is 25.4. The standard InChI is InChI=1S/C41H38N2/c1-31-15-23-37(24-16-31)42(35-11-7-5-8-12-35)39-27-19-33(20-28-39)41(3,4)34-21-29-40(30-22-34)43(36-13-9-6-10-14-36)38-25-17-32(2)18-26-38/h5-30H,1-4H3. The molecule has 0 amide bonds. The molecule has 0 aliphatic heterocycles. The lowest BCUT2D eigenvalue weighted by molar-refractivity contribution is 0.641. The van der Waals surface area contributed by atoms with Gasteiger partial charge < -0.3 is 9.80 Å². The molecule has 0 heterocycles. The van der Waals surface area contributed by atoms with Gasteiger partial charge in [0.05, 0.1) is 0 Å². The molecule has 0 spiro atoms. The Morgan fingerprint density at radius 3 is 0.884 bits per heavy atom. The molecule has 6 rings (SSSR count). The summed E-state index contributed by atoms with van der Waals surface area (Å²) in [6.45, 7) is 8.87. The molecule has 43 heavy (non-hydrogen) atoms. The fourth-order valence-electron chi connectivity index (χ4n) is 5.66. The van der Waals surface area contributed by atoms with E-state index in [1.54, 1.807) is 0 Å². The summed E-state index contributed by atoms with van der Waals surface area (Å²) < 4.78 is 0. The van der Waals surface area contributed by atoms with Gasteiger partial charge >= 0.3 is 0 Å². The monoisotopic (exact) mass is 558 g/mol. The summed E-state index contributed by atoms with van der Waals surface area (Å²) in [7, 11) is 0. The quantitative estimate of drug-likeness (QED) is 0.183. The van der Waals surface area contributed by atoms with Crippen LogP contribution in [0, 0.1) is 13.8 Å². The van der Waals surface area contributed by atoms with E-state index in [1.807, 2.05) is 0 Å². The van der Waals surface area contributed by atoms with Crippen molar-refractivity contribution in [3.8, 4) is 0 Å². The molecule has 6 aromatic carbocycles. The number of aryl methyl sites for hydroxylation is 2. The van der Waals surface area contributed by atoms with Crippen LogP contribution >= 0.6 is 0 Å². The van der Waals surface area contributed by atoms with Gasteiger partial charge in [0.2, 0.25) is 0 Å². The Balaban J connectivity index is 1.31. The molecule has 212 valence electrons. The number of nitrogens with zero attached hydrogens (tertiary/aromatic N) is 2. The van der Waals surface area contributed by atoms with E-state index in [4.69, 9.17) is 0 Å². The topological polar surface area (TPSA) is 6.48 Å². The Kier molecular flexibility index (Phi) is 7.85. The molecule has 0 aromatic heterocycles. The van der Waals surface area contributed by atoms with Gasteiger partial charge in [0.25, 0.3) is 0 Å². The highest BCUT2D eigenvalue weighted by atomic mass is 15.1. The number of hydrogen-bond acceptors (Lipinski definition) is 2. The van der Waals surface area contributed by atoms with Gasteiger partial charge in [-0.25, -0.2) is 0 Å². The van der Waals surface area contributed by atoms with Gasteiger partial charge in [0.15, 0.2) is 0 Å². The third-order valence-corrected chi connectivity index (χ3v) is 8.31. The van der Waals surface area contributed by atoms with Gasteiger partial charge in [-0.3, -0.25) is 0 Å². The van der Waals surface area contributed by atoms with Crippen LogP contribution in [0.15, 0.2) is 158 Å². The first-order chi connectivity index (χ1) is 20.9. The van der Waals surface area contributed by atoms with Crippen molar-refractivity contribution in [3.63, 3.8) is 0 Å². The molecule has 2 heteroatoms. The second-order valence-corrected chi connectivity index (χ2v) is 11.7. The summed E-state index contributed by atoms with van der Waals surface area (Å²) in [5.41, 5.74) is 11.8. The first-order valence-corrected chi connectivity index (χ1v) is 14.9. The van der Waals surface area contributed by atoms with E-state index in [-0.39, 0.29) is 5.41 Å². The molecule has 0 N–H and O–H groups in total. The summed E-state index contributed by atoms with van der Waals surface area (Å²) in [6.07, 6.45) is 0. The first kappa shape index (κ1) is 28.1. The fraction of sp³-hybridized carbons (Fsp3) is 0.122. The Morgan fingerprint density at radius 2 is 0.581 bits per heavy atom. The smallest absolute Gasteiger partial charge is 0.0461 e. The van der Waals surface area contributed by atoms with Crippen LogP contribution in [-0.2, 0) is 5.41 Å². The predicted molar refractivity (Wildman–Crippen MR) is 184 cm³/mol. The number of anilines is 6. The van der Waals surface area contributed by atoms with E-state index < -0.39 is 0 Å². The fourth-order valence-corrected chi connectivity index (χ4v) is 5.66. The largest absolute Gasteiger partial charge is 0.311 e. The highest BCUT2D eigenvalue weighted by Gasteiger charge is 2.24. The van der Waals surface area contributed by atoms with Crippen LogP contribution < -0.4 is 9.80 Å². The molecular formula is C41H38N2. The number of rotatable bonds is 8. The van der Waals surface area contributed by atoms with Crippen molar-refractivity contribution >= 4 is 34.1 Å². The van der Waals surface area contributed by atoms with Crippen molar-refractivity contribution in [3.05, 3.63) is 180 Å². The summed E-state index contributed by atoms with van der Waals surface area (Å²) >= 11 is 0. The minimum absolute atomic E-state index is 0.167. The Labute approximate surface area is 256 Å². The van der Waals surface area contributed by atoms with E-state index in [1.165, 1.54) is 22.3 Å². The molecule has 0 saturated carbocycles. The molecule has 6 aromatic rings. The summed E-state index contributed by atoms with van der Waals surface area (Å²) in [5.74, 6) is 0. The molecule has 0 aliphatic carbocycles. The van der Waals surface area contributed by atoms with Crippen molar-refractivity contribution in [1.82, 2.24) is 0 Å². The highest BCUT2D eigenvalue weighted by Crippen LogP contribution is 2.39. The summed E-state index contributed by atoms with van der Waals surface area (Å²) in [6, 6.07) is 56.7. The van der Waals surface area contributed by atoms with Gasteiger partial charge in [0, 0.05) is 39.5 Å². The number of benzene rings is 6. The van der Waals surface area contributed by atoms with Crippen LogP contribution in [0.1, 0.15) is 36.1 Å². The Hall–Kier alpha value is -5.08. The van der Waals surface area contributed by atoms with Gasteiger partial charge in [-0.2, -0.15) is 0 Å². The van der Waals surface area contributed by atoms with Crippen LogP contribution in [-0.4, -0.2) is 0 Å². The third kappa shape index (κ3) is 5.96. The maximum absolute atomic E-state index is 2.31. The van der Waals surface area contributed by atoms with Gasteiger partial charge in [0.1, 0.15) is 0 Å². The van der Waals surface area contributed by atoms with E-state index in [0.717, 1.165) is 34.1 Å². The van der Waals surface area contributed by atoms with E-state index in [2.05, 4.69) is 195 Å². The van der Waals surface area contributed by atoms with E-state index in [9.17, 15) is 0 Å². The second kappa shape index (κ2) is 12.0. The normalized spacial score (nSPS) is 11.3. The molecule has 0 aliphatic rings. The van der Waals surface area contributed by atoms with Crippen molar-refractivity contribution in [2.75, 3.05) is 9.80 Å². The van der Waals surface area contributed by atoms with Crippen molar-refractivity contribution < 1.29 is 0 Å². The predicted octanol–water partition coefficient (Wildman–Crippen LogP) is 11.6. The molecule has 0 saturated heterocycles. The zero-order valence-corrected chi connectivity index (χ0v) is 25.4. The highest BCUT2D eigenvalue weighted by molar-refractivity contribution is 5.78. The first-order valence-electron chi connectivity index (χ1n) is 14.9. The van der Waals surface area contributed by atoms with Gasteiger partial charge in [-0.1, -0.05) is 110 Å². The minimum Gasteiger partial charge on any atom is -0.311 e. The third-order valence-electron chi connectivity index (χ3n) is 8.31. The van der Waals surface area contributed by atoms with Crippen LogP contribution in [0.2, 0.25) is 0 Å². The second-order valence-electron chi connectivity index (χ2n) is 11.7. The van der Waals surface area contributed by atoms with Crippen LogP contribution in [0.25, 0.3) is 0 Å². The van der Waals surface area contributed by atoms with Crippen LogP contribution in [0.4, 0.5) is 34.1 Å². The van der Waals surface area contributed by atoms with Gasteiger partial charge in [-0.05, 0) is 97.8 Å². The lowest BCUT2D eigenvalue weighted by Crippen LogP contribution is -2.19. The van der Waals surface area contributed by atoms with Crippen molar-refractivity contribution in [2.45, 2.75) is 33.1 Å². The molecule has 2 nitrogen and oxygen atoms in total. The molecule has 0 unspecified atom stereocenters. The summed E-state index contributed by atoms with van der Waals surface area (Å²) in [5, 5.41) is 0. The minimum atomic E-state index is -0.167. The SMILES string of the molecule is Cc1ccc(N(c2ccccc2)c2ccc(C(C)(C)c3ccc(N(c4ccccc4)c4ccc(C)cc4)cc3)cc2)cc1. The molecule has 0 fully saturated rings. The van der Waals surface area contributed by atoms with Crippen molar-refractivity contribution in [1.29, 1.82) is 0 Å². The molecule has 0 bridgehead atoms. The average molecular weight is 559 g/mol. The maximum Gasteiger partial charge on any atom is 0.0461 e. The van der Waals surface area contributed by atoms with Crippen molar-refractivity contribution in [2.24, 2.45) is 0 Å². The maximum atomic E-state index is 2.31. The van der Waals surface area contributed by atoms with Crippen LogP contribution in [0.3, 0.4) is 0 Å². The lowest BCUT2D eigenvalue weighted by Gasteiger charge is -2.30. The average Bonchev–Trinajstić information content (AvgIpc) is 3.05. The molecule has 0 radical (unpaired) electrons. The molecular weight excluding hydrogens is 520 g/mol. The summed E-state index contributed by atoms with van der Waals surface area (Å²) in [4.78, 5) is 4.63. The number of hydrogen-bond donors (Lipinski definition) is 0. The zero-order chi connectivity index (χ0) is 29.8. The number of para-hydroxylation sites is 2. The Morgan fingerprint density at radius 1 is 0.326 bits per heavy atom.